The number of halogens is 1. The molecule has 2 rings (SSSR count). The first kappa shape index (κ1) is 11.1. The number of rotatable bonds is 3. The van der Waals surface area contributed by atoms with Gasteiger partial charge in [0.05, 0.1) is 11.8 Å². The van der Waals surface area contributed by atoms with Crippen LogP contribution in [0.25, 0.3) is 5.69 Å². The summed E-state index contributed by atoms with van der Waals surface area (Å²) in [6.07, 6.45) is 3.32. The highest BCUT2D eigenvalue weighted by molar-refractivity contribution is 6.31. The molecule has 84 valence electrons. The zero-order chi connectivity index (χ0) is 11.5. The summed E-state index contributed by atoms with van der Waals surface area (Å²) >= 11 is 6.02. The van der Waals surface area contributed by atoms with E-state index in [9.17, 15) is 0 Å². The molecule has 0 aliphatic carbocycles. The molecule has 0 radical (unpaired) electrons. The van der Waals surface area contributed by atoms with Crippen molar-refractivity contribution in [2.75, 3.05) is 7.11 Å². The second-order valence-electron chi connectivity index (χ2n) is 3.36. The van der Waals surface area contributed by atoms with Gasteiger partial charge in [-0.3, -0.25) is 0 Å². The van der Waals surface area contributed by atoms with Crippen LogP contribution >= 0.6 is 11.6 Å². The monoisotopic (exact) mass is 237 g/mol. The first-order valence-corrected chi connectivity index (χ1v) is 5.29. The van der Waals surface area contributed by atoms with Gasteiger partial charge in [0.15, 0.2) is 5.15 Å². The molecule has 0 saturated heterocycles. The molecule has 0 amide bonds. The van der Waals surface area contributed by atoms with E-state index in [1.165, 1.54) is 0 Å². The zero-order valence-corrected chi connectivity index (χ0v) is 9.85. The van der Waals surface area contributed by atoms with Gasteiger partial charge >= 0.3 is 0 Å². The van der Waals surface area contributed by atoms with E-state index in [-0.39, 0.29) is 6.10 Å². The number of hydrogen-bond donors (Lipinski definition) is 0. The molecule has 0 aliphatic heterocycles. The van der Waals surface area contributed by atoms with Gasteiger partial charge in [0.2, 0.25) is 0 Å². The van der Waals surface area contributed by atoms with E-state index >= 15 is 0 Å². The number of methoxy groups -OCH3 is 1. The Kier molecular flexibility index (Phi) is 3.22. The highest BCUT2D eigenvalue weighted by Crippen LogP contribution is 2.22. The molecular weight excluding hydrogens is 226 g/mol. The summed E-state index contributed by atoms with van der Waals surface area (Å²) in [5.74, 6) is 0. The molecule has 2 heterocycles. The van der Waals surface area contributed by atoms with E-state index in [1.54, 1.807) is 24.2 Å². The van der Waals surface area contributed by atoms with Crippen molar-refractivity contribution in [3.8, 4) is 5.69 Å². The fourth-order valence-electron chi connectivity index (χ4n) is 1.48. The molecule has 0 aromatic carbocycles. The summed E-state index contributed by atoms with van der Waals surface area (Å²) in [6.45, 7) is 1.96. The van der Waals surface area contributed by atoms with Gasteiger partial charge in [-0.25, -0.2) is 9.67 Å². The summed E-state index contributed by atoms with van der Waals surface area (Å²) in [6, 6.07) is 5.59. The molecule has 0 saturated carbocycles. The maximum Gasteiger partial charge on any atom is 0.154 e. The minimum atomic E-state index is -0.0428. The second-order valence-corrected chi connectivity index (χ2v) is 3.72. The van der Waals surface area contributed by atoms with E-state index in [0.717, 1.165) is 11.4 Å². The van der Waals surface area contributed by atoms with Crippen LogP contribution in [-0.4, -0.2) is 21.9 Å². The highest BCUT2D eigenvalue weighted by atomic mass is 35.5. The van der Waals surface area contributed by atoms with Crippen molar-refractivity contribution >= 4 is 11.6 Å². The topological polar surface area (TPSA) is 39.9 Å². The van der Waals surface area contributed by atoms with Gasteiger partial charge in [-0.1, -0.05) is 11.6 Å². The summed E-state index contributed by atoms with van der Waals surface area (Å²) in [5.41, 5.74) is 1.70. The Morgan fingerprint density at radius 1 is 1.38 bits per heavy atom. The molecule has 4 nitrogen and oxygen atoms in total. The minimum absolute atomic E-state index is 0.0428. The quantitative estimate of drug-likeness (QED) is 0.771. The Labute approximate surface area is 98.8 Å². The molecule has 2 aromatic rings. The first-order valence-electron chi connectivity index (χ1n) is 4.91. The van der Waals surface area contributed by atoms with Crippen LogP contribution in [0, 0.1) is 0 Å². The fourth-order valence-corrected chi connectivity index (χ4v) is 1.68. The van der Waals surface area contributed by atoms with Crippen LogP contribution in [0.15, 0.2) is 30.6 Å². The summed E-state index contributed by atoms with van der Waals surface area (Å²) in [4.78, 5) is 4.03. The van der Waals surface area contributed by atoms with Crippen molar-refractivity contribution in [3.63, 3.8) is 0 Å². The predicted molar refractivity (Wildman–Crippen MR) is 61.8 cm³/mol. The number of hydrogen-bond acceptors (Lipinski definition) is 3. The van der Waals surface area contributed by atoms with Crippen LogP contribution in [0.2, 0.25) is 5.15 Å². The third-order valence-electron chi connectivity index (χ3n) is 2.41. The smallest absolute Gasteiger partial charge is 0.154 e. The molecule has 0 N–H and O–H groups in total. The molecule has 2 aromatic heterocycles. The van der Waals surface area contributed by atoms with Crippen molar-refractivity contribution in [2.45, 2.75) is 13.0 Å². The average molecular weight is 238 g/mol. The molecule has 5 heteroatoms. The maximum atomic E-state index is 6.02. The van der Waals surface area contributed by atoms with Crippen LogP contribution in [0.1, 0.15) is 18.7 Å². The van der Waals surface area contributed by atoms with Crippen molar-refractivity contribution < 1.29 is 4.74 Å². The number of pyridine rings is 1. The third-order valence-corrected chi connectivity index (χ3v) is 2.70. The molecule has 0 bridgehead atoms. The molecule has 0 spiro atoms. The Morgan fingerprint density at radius 3 is 2.88 bits per heavy atom. The van der Waals surface area contributed by atoms with Gasteiger partial charge in [0.25, 0.3) is 0 Å². The summed E-state index contributed by atoms with van der Waals surface area (Å²) in [5, 5.41) is 4.66. The van der Waals surface area contributed by atoms with Crippen LogP contribution in [0.3, 0.4) is 0 Å². The fraction of sp³-hybridized carbons (Fsp3) is 0.273. The lowest BCUT2D eigenvalue weighted by Gasteiger charge is -2.13. The normalized spacial score (nSPS) is 12.7. The van der Waals surface area contributed by atoms with E-state index in [2.05, 4.69) is 10.1 Å². The van der Waals surface area contributed by atoms with Crippen LogP contribution in [0.5, 0.6) is 0 Å². The van der Waals surface area contributed by atoms with E-state index in [0.29, 0.717) is 5.15 Å². The van der Waals surface area contributed by atoms with E-state index in [4.69, 9.17) is 16.3 Å². The molecule has 0 fully saturated rings. The minimum Gasteiger partial charge on any atom is -0.375 e. The Hall–Kier alpha value is -1.39. The molecule has 16 heavy (non-hydrogen) atoms. The van der Waals surface area contributed by atoms with Crippen molar-refractivity contribution in [1.82, 2.24) is 14.8 Å². The van der Waals surface area contributed by atoms with Gasteiger partial charge in [-0.05, 0) is 25.1 Å². The van der Waals surface area contributed by atoms with Crippen molar-refractivity contribution in [1.29, 1.82) is 0 Å². The number of aromatic nitrogens is 3. The van der Waals surface area contributed by atoms with E-state index < -0.39 is 0 Å². The van der Waals surface area contributed by atoms with E-state index in [1.807, 2.05) is 25.1 Å². The van der Waals surface area contributed by atoms with Gasteiger partial charge in [-0.2, -0.15) is 5.10 Å². The second kappa shape index (κ2) is 4.63. The lowest BCUT2D eigenvalue weighted by atomic mass is 10.3. The Bertz CT molecular complexity index is 484. The van der Waals surface area contributed by atoms with Crippen molar-refractivity contribution in [2.24, 2.45) is 0 Å². The van der Waals surface area contributed by atoms with Gasteiger partial charge < -0.3 is 4.74 Å². The first-order chi connectivity index (χ1) is 7.74. The maximum absolute atomic E-state index is 6.02. The van der Waals surface area contributed by atoms with Gasteiger partial charge in [-0.15, -0.1) is 0 Å². The van der Waals surface area contributed by atoms with Crippen LogP contribution in [-0.2, 0) is 4.74 Å². The lowest BCUT2D eigenvalue weighted by Crippen LogP contribution is -2.07. The molecule has 1 unspecified atom stereocenters. The largest absolute Gasteiger partial charge is 0.375 e. The number of nitrogens with zero attached hydrogens (tertiary/aromatic N) is 3. The molecule has 1 atom stereocenters. The summed E-state index contributed by atoms with van der Waals surface area (Å²) in [7, 11) is 1.66. The van der Waals surface area contributed by atoms with Crippen LogP contribution < -0.4 is 0 Å². The van der Waals surface area contributed by atoms with Crippen LogP contribution in [0.4, 0.5) is 0 Å². The summed E-state index contributed by atoms with van der Waals surface area (Å²) < 4.78 is 7.01. The molecular formula is C11H12ClN3O. The Morgan fingerprint density at radius 2 is 2.19 bits per heavy atom. The zero-order valence-electron chi connectivity index (χ0n) is 9.09. The average Bonchev–Trinajstić information content (AvgIpc) is 2.77. The number of ether oxygens (including phenoxy) is 1. The lowest BCUT2D eigenvalue weighted by molar-refractivity contribution is 0.114. The third kappa shape index (κ3) is 1.94. The highest BCUT2D eigenvalue weighted by Gasteiger charge is 2.13. The van der Waals surface area contributed by atoms with Crippen molar-refractivity contribution in [3.05, 3.63) is 41.4 Å². The standard InChI is InChI=1S/C11H12ClN3O/c1-8(16-2)9-5-7-14-15(9)10-4-3-6-13-11(10)12/h3-8H,1-2H3. The van der Waals surface area contributed by atoms with Gasteiger partial charge in [0, 0.05) is 19.5 Å². The SMILES string of the molecule is COC(C)c1ccnn1-c1cccnc1Cl. The Balaban J connectivity index is 2.49. The predicted octanol–water partition coefficient (Wildman–Crippen LogP) is 2.63. The van der Waals surface area contributed by atoms with Gasteiger partial charge in [0.1, 0.15) is 5.69 Å². The molecule has 0 aliphatic rings.